The molecule has 0 saturated heterocycles. The van der Waals surface area contributed by atoms with Crippen molar-refractivity contribution < 1.29 is 0 Å². The minimum Gasteiger partial charge on any atom is -0.323 e. The summed E-state index contributed by atoms with van der Waals surface area (Å²) < 4.78 is 0. The maximum atomic E-state index is 6.10. The molecule has 1 aromatic heterocycles. The molecular formula is C10H14N2. The Morgan fingerprint density at radius 2 is 2.33 bits per heavy atom. The third kappa shape index (κ3) is 0.950. The number of hydrogen-bond acceptors (Lipinski definition) is 2. The fourth-order valence-electron chi connectivity index (χ4n) is 1.91. The van der Waals surface area contributed by atoms with Crippen LogP contribution in [0.4, 0.5) is 0 Å². The molecule has 0 spiro atoms. The van der Waals surface area contributed by atoms with Gasteiger partial charge in [-0.25, -0.2) is 0 Å². The van der Waals surface area contributed by atoms with Gasteiger partial charge in [-0.05, 0) is 29.0 Å². The van der Waals surface area contributed by atoms with Crippen LogP contribution in [-0.2, 0) is 6.42 Å². The van der Waals surface area contributed by atoms with Crippen LogP contribution < -0.4 is 5.73 Å². The second kappa shape index (κ2) is 2.30. The van der Waals surface area contributed by atoms with Crippen molar-refractivity contribution in [3.8, 4) is 0 Å². The SMILES string of the molecule is CC1(C)Cc2cnccc2C1N. The predicted molar refractivity (Wildman–Crippen MR) is 48.7 cm³/mol. The van der Waals surface area contributed by atoms with Crippen LogP contribution in [0.3, 0.4) is 0 Å². The number of hydrogen-bond donors (Lipinski definition) is 1. The third-order valence-corrected chi connectivity index (χ3v) is 2.76. The summed E-state index contributed by atoms with van der Waals surface area (Å²) >= 11 is 0. The fraction of sp³-hybridized carbons (Fsp3) is 0.500. The molecule has 2 rings (SSSR count). The Balaban J connectivity index is 2.49. The Labute approximate surface area is 72.8 Å². The maximum Gasteiger partial charge on any atom is 0.0353 e. The highest BCUT2D eigenvalue weighted by molar-refractivity contribution is 5.34. The van der Waals surface area contributed by atoms with E-state index in [1.165, 1.54) is 11.1 Å². The van der Waals surface area contributed by atoms with Crippen molar-refractivity contribution in [2.75, 3.05) is 0 Å². The smallest absolute Gasteiger partial charge is 0.0353 e. The lowest BCUT2D eigenvalue weighted by Crippen LogP contribution is -2.24. The van der Waals surface area contributed by atoms with Crippen molar-refractivity contribution in [2.24, 2.45) is 11.1 Å². The van der Waals surface area contributed by atoms with Crippen LogP contribution in [0.25, 0.3) is 0 Å². The zero-order chi connectivity index (χ0) is 8.77. The van der Waals surface area contributed by atoms with Gasteiger partial charge < -0.3 is 5.73 Å². The van der Waals surface area contributed by atoms with Crippen LogP contribution in [0.15, 0.2) is 18.5 Å². The van der Waals surface area contributed by atoms with Crippen molar-refractivity contribution >= 4 is 0 Å². The lowest BCUT2D eigenvalue weighted by atomic mass is 9.86. The summed E-state index contributed by atoms with van der Waals surface area (Å²) in [6.07, 6.45) is 4.81. The Bertz CT molecular complexity index is 304. The lowest BCUT2D eigenvalue weighted by Gasteiger charge is -2.23. The Morgan fingerprint density at radius 1 is 1.58 bits per heavy atom. The van der Waals surface area contributed by atoms with Crippen LogP contribution >= 0.6 is 0 Å². The molecule has 0 aromatic carbocycles. The van der Waals surface area contributed by atoms with E-state index in [4.69, 9.17) is 5.73 Å². The fourth-order valence-corrected chi connectivity index (χ4v) is 1.91. The number of aromatic nitrogens is 1. The summed E-state index contributed by atoms with van der Waals surface area (Å²) in [6.45, 7) is 4.41. The van der Waals surface area contributed by atoms with E-state index in [1.54, 1.807) is 0 Å². The average Bonchev–Trinajstić information content (AvgIpc) is 2.24. The number of nitrogens with zero attached hydrogens (tertiary/aromatic N) is 1. The molecule has 0 saturated carbocycles. The molecule has 0 aliphatic heterocycles. The van der Waals surface area contributed by atoms with Gasteiger partial charge in [-0.1, -0.05) is 13.8 Å². The van der Waals surface area contributed by atoms with Gasteiger partial charge in [0.15, 0.2) is 0 Å². The van der Waals surface area contributed by atoms with Crippen LogP contribution in [0.1, 0.15) is 31.0 Å². The molecule has 0 amide bonds. The van der Waals surface area contributed by atoms with Gasteiger partial charge in [0.05, 0.1) is 0 Å². The number of nitrogens with two attached hydrogens (primary N) is 1. The van der Waals surface area contributed by atoms with Gasteiger partial charge in [0, 0.05) is 18.4 Å². The minimum absolute atomic E-state index is 0.176. The van der Waals surface area contributed by atoms with E-state index in [0.29, 0.717) is 0 Å². The lowest BCUT2D eigenvalue weighted by molar-refractivity contribution is 0.319. The van der Waals surface area contributed by atoms with Gasteiger partial charge in [0.1, 0.15) is 0 Å². The Kier molecular flexibility index (Phi) is 1.48. The highest BCUT2D eigenvalue weighted by Gasteiger charge is 2.36. The van der Waals surface area contributed by atoms with Gasteiger partial charge in [0.25, 0.3) is 0 Å². The summed E-state index contributed by atoms with van der Waals surface area (Å²) in [5.74, 6) is 0. The summed E-state index contributed by atoms with van der Waals surface area (Å²) in [7, 11) is 0. The normalized spacial score (nSPS) is 25.4. The molecule has 1 aliphatic carbocycles. The van der Waals surface area contributed by atoms with Crippen LogP contribution in [0.5, 0.6) is 0 Å². The second-order valence-electron chi connectivity index (χ2n) is 4.22. The average molecular weight is 162 g/mol. The molecule has 2 heteroatoms. The zero-order valence-electron chi connectivity index (χ0n) is 7.54. The van der Waals surface area contributed by atoms with Crippen molar-refractivity contribution in [3.63, 3.8) is 0 Å². The Morgan fingerprint density at radius 3 is 3.00 bits per heavy atom. The molecule has 0 bridgehead atoms. The van der Waals surface area contributed by atoms with Crippen molar-refractivity contribution in [1.29, 1.82) is 0 Å². The quantitative estimate of drug-likeness (QED) is 0.630. The first-order valence-corrected chi connectivity index (χ1v) is 4.29. The van der Waals surface area contributed by atoms with Crippen LogP contribution in [0, 0.1) is 5.41 Å². The molecule has 1 aromatic rings. The largest absolute Gasteiger partial charge is 0.323 e. The van der Waals surface area contributed by atoms with Crippen LogP contribution in [-0.4, -0.2) is 4.98 Å². The molecule has 1 atom stereocenters. The predicted octanol–water partition coefficient (Wildman–Crippen LogP) is 1.66. The number of rotatable bonds is 0. The second-order valence-corrected chi connectivity index (χ2v) is 4.22. The summed E-state index contributed by atoms with van der Waals surface area (Å²) in [5, 5.41) is 0. The van der Waals surface area contributed by atoms with E-state index in [2.05, 4.69) is 18.8 Å². The minimum atomic E-state index is 0.176. The first-order valence-electron chi connectivity index (χ1n) is 4.29. The monoisotopic (exact) mass is 162 g/mol. The Hall–Kier alpha value is -0.890. The summed E-state index contributed by atoms with van der Waals surface area (Å²) in [5.41, 5.74) is 8.88. The molecule has 2 nitrogen and oxygen atoms in total. The first-order chi connectivity index (χ1) is 5.61. The topological polar surface area (TPSA) is 38.9 Å². The standard InChI is InChI=1S/C10H14N2/c1-10(2)5-7-6-12-4-3-8(7)9(10)11/h3-4,6,9H,5,11H2,1-2H3. The van der Waals surface area contributed by atoms with E-state index < -0.39 is 0 Å². The zero-order valence-corrected chi connectivity index (χ0v) is 7.54. The molecule has 0 radical (unpaired) electrons. The van der Waals surface area contributed by atoms with Crippen LogP contribution in [0.2, 0.25) is 0 Å². The molecular weight excluding hydrogens is 148 g/mol. The molecule has 0 fully saturated rings. The molecule has 1 unspecified atom stereocenters. The van der Waals surface area contributed by atoms with Gasteiger partial charge in [-0.15, -0.1) is 0 Å². The van der Waals surface area contributed by atoms with E-state index in [0.717, 1.165) is 6.42 Å². The molecule has 1 aliphatic rings. The first kappa shape index (κ1) is 7.74. The van der Waals surface area contributed by atoms with Gasteiger partial charge in [0.2, 0.25) is 0 Å². The van der Waals surface area contributed by atoms with Crippen molar-refractivity contribution in [1.82, 2.24) is 4.98 Å². The molecule has 12 heavy (non-hydrogen) atoms. The molecule has 64 valence electrons. The third-order valence-electron chi connectivity index (χ3n) is 2.76. The maximum absolute atomic E-state index is 6.10. The van der Waals surface area contributed by atoms with Gasteiger partial charge >= 0.3 is 0 Å². The van der Waals surface area contributed by atoms with E-state index in [1.807, 2.05) is 18.5 Å². The van der Waals surface area contributed by atoms with E-state index >= 15 is 0 Å². The molecule has 2 N–H and O–H groups in total. The van der Waals surface area contributed by atoms with Crippen molar-refractivity contribution in [3.05, 3.63) is 29.6 Å². The van der Waals surface area contributed by atoms with E-state index in [-0.39, 0.29) is 11.5 Å². The van der Waals surface area contributed by atoms with Crippen molar-refractivity contribution in [2.45, 2.75) is 26.3 Å². The highest BCUT2D eigenvalue weighted by atomic mass is 14.7. The van der Waals surface area contributed by atoms with Gasteiger partial charge in [-0.3, -0.25) is 4.98 Å². The number of pyridine rings is 1. The van der Waals surface area contributed by atoms with Gasteiger partial charge in [-0.2, -0.15) is 0 Å². The molecule has 1 heterocycles. The summed E-state index contributed by atoms with van der Waals surface area (Å²) in [6, 6.07) is 2.21. The number of fused-ring (bicyclic) bond motifs is 1. The highest BCUT2D eigenvalue weighted by Crippen LogP contribution is 2.42. The van der Waals surface area contributed by atoms with E-state index in [9.17, 15) is 0 Å². The summed E-state index contributed by atoms with van der Waals surface area (Å²) in [4.78, 5) is 4.10.